The quantitative estimate of drug-likeness (QED) is 0.863. The summed E-state index contributed by atoms with van der Waals surface area (Å²) >= 11 is 0. The Morgan fingerprint density at radius 2 is 1.67 bits per heavy atom. The summed E-state index contributed by atoms with van der Waals surface area (Å²) in [6.45, 7) is 5.72. The van der Waals surface area contributed by atoms with Gasteiger partial charge in [-0.1, -0.05) is 32.9 Å². The Hall–Kier alpha value is -1.06. The van der Waals surface area contributed by atoms with E-state index < -0.39 is 12.2 Å². The van der Waals surface area contributed by atoms with Crippen molar-refractivity contribution < 1.29 is 14.9 Å². The molecule has 0 saturated heterocycles. The van der Waals surface area contributed by atoms with E-state index in [0.717, 1.165) is 24.2 Å². The molecule has 0 heterocycles. The van der Waals surface area contributed by atoms with Gasteiger partial charge in [0.25, 0.3) is 0 Å². The van der Waals surface area contributed by atoms with Crippen LogP contribution in [-0.2, 0) is 0 Å². The van der Waals surface area contributed by atoms with Gasteiger partial charge in [-0.3, -0.25) is 0 Å². The Labute approximate surface area is 108 Å². The van der Waals surface area contributed by atoms with Crippen LogP contribution in [0.4, 0.5) is 0 Å². The van der Waals surface area contributed by atoms with Crippen molar-refractivity contribution in [3.05, 3.63) is 29.8 Å². The van der Waals surface area contributed by atoms with Crippen LogP contribution >= 0.6 is 0 Å². The molecule has 2 atom stereocenters. The van der Waals surface area contributed by atoms with Gasteiger partial charge in [-0.15, -0.1) is 0 Å². The highest BCUT2D eigenvalue weighted by atomic mass is 16.5. The van der Waals surface area contributed by atoms with Crippen molar-refractivity contribution in [1.29, 1.82) is 0 Å². The lowest BCUT2D eigenvalue weighted by atomic mass is 9.83. The summed E-state index contributed by atoms with van der Waals surface area (Å²) in [5, 5.41) is 20.2. The maximum atomic E-state index is 10.1. The molecule has 0 aliphatic heterocycles. The van der Waals surface area contributed by atoms with Gasteiger partial charge in [0, 0.05) is 0 Å². The van der Waals surface area contributed by atoms with Gasteiger partial charge in [-0.2, -0.15) is 0 Å². The molecule has 100 valence electrons. The molecule has 0 amide bonds. The average Bonchev–Trinajstić information content (AvgIpc) is 3.11. The number of ether oxygens (including phenoxy) is 1. The molecular formula is C15H22O3. The predicted octanol–water partition coefficient (Wildman–Crippen LogP) is 2.67. The van der Waals surface area contributed by atoms with Crippen molar-refractivity contribution in [3.63, 3.8) is 0 Å². The second-order valence-electron chi connectivity index (χ2n) is 6.14. The van der Waals surface area contributed by atoms with Crippen LogP contribution in [0.5, 0.6) is 5.75 Å². The van der Waals surface area contributed by atoms with E-state index in [9.17, 15) is 10.2 Å². The zero-order valence-corrected chi connectivity index (χ0v) is 11.3. The van der Waals surface area contributed by atoms with E-state index in [4.69, 9.17) is 4.74 Å². The minimum Gasteiger partial charge on any atom is -0.490 e. The van der Waals surface area contributed by atoms with Crippen LogP contribution < -0.4 is 4.74 Å². The molecule has 18 heavy (non-hydrogen) atoms. The summed E-state index contributed by atoms with van der Waals surface area (Å²) in [4.78, 5) is 0. The van der Waals surface area contributed by atoms with E-state index in [2.05, 4.69) is 0 Å². The molecule has 3 nitrogen and oxygen atoms in total. The summed E-state index contributed by atoms with van der Waals surface area (Å²) in [7, 11) is 0. The van der Waals surface area contributed by atoms with Gasteiger partial charge in [0.1, 0.15) is 11.9 Å². The first-order chi connectivity index (χ1) is 8.38. The SMILES string of the molecule is CC(C)(C)C(O)C(O)c1ccc(OC2CC2)cc1. The predicted molar refractivity (Wildman–Crippen MR) is 70.5 cm³/mol. The highest BCUT2D eigenvalue weighted by Gasteiger charge is 2.30. The fraction of sp³-hybridized carbons (Fsp3) is 0.600. The second kappa shape index (κ2) is 4.90. The first-order valence-corrected chi connectivity index (χ1v) is 6.50. The molecule has 1 aliphatic rings. The fourth-order valence-corrected chi connectivity index (χ4v) is 1.78. The monoisotopic (exact) mass is 250 g/mol. The number of rotatable bonds is 4. The van der Waals surface area contributed by atoms with E-state index in [0.29, 0.717) is 6.10 Å². The lowest BCUT2D eigenvalue weighted by molar-refractivity contribution is -0.0458. The van der Waals surface area contributed by atoms with Gasteiger partial charge in [0.2, 0.25) is 0 Å². The Morgan fingerprint density at radius 3 is 2.11 bits per heavy atom. The molecule has 0 bridgehead atoms. The third kappa shape index (κ3) is 3.24. The van der Waals surface area contributed by atoms with E-state index in [-0.39, 0.29) is 5.41 Å². The van der Waals surface area contributed by atoms with Crippen LogP contribution in [0.2, 0.25) is 0 Å². The number of benzene rings is 1. The van der Waals surface area contributed by atoms with Crippen LogP contribution in [-0.4, -0.2) is 22.4 Å². The summed E-state index contributed by atoms with van der Waals surface area (Å²) in [6, 6.07) is 7.34. The Balaban J connectivity index is 2.03. The highest BCUT2D eigenvalue weighted by Crippen LogP contribution is 2.32. The number of aliphatic hydroxyl groups is 2. The van der Waals surface area contributed by atoms with Crippen molar-refractivity contribution in [2.45, 2.75) is 51.9 Å². The smallest absolute Gasteiger partial charge is 0.119 e. The summed E-state index contributed by atoms with van der Waals surface area (Å²) in [6.07, 6.45) is 0.994. The minimum absolute atomic E-state index is 0.345. The lowest BCUT2D eigenvalue weighted by Gasteiger charge is -2.30. The van der Waals surface area contributed by atoms with Gasteiger partial charge in [0.15, 0.2) is 0 Å². The Kier molecular flexibility index (Phi) is 3.64. The molecular weight excluding hydrogens is 228 g/mol. The molecule has 1 saturated carbocycles. The van der Waals surface area contributed by atoms with Crippen molar-refractivity contribution in [3.8, 4) is 5.75 Å². The minimum atomic E-state index is -0.861. The van der Waals surface area contributed by atoms with E-state index in [1.165, 1.54) is 0 Å². The Bertz CT molecular complexity index is 387. The van der Waals surface area contributed by atoms with E-state index >= 15 is 0 Å². The number of aliphatic hydroxyl groups excluding tert-OH is 2. The summed E-state index contributed by atoms with van der Waals surface area (Å²) < 4.78 is 5.64. The fourth-order valence-electron chi connectivity index (χ4n) is 1.78. The molecule has 1 fully saturated rings. The zero-order valence-electron chi connectivity index (χ0n) is 11.3. The van der Waals surface area contributed by atoms with Crippen LogP contribution in [0.3, 0.4) is 0 Å². The van der Waals surface area contributed by atoms with Crippen molar-refractivity contribution in [1.82, 2.24) is 0 Å². The first kappa shape index (κ1) is 13.4. The van der Waals surface area contributed by atoms with Gasteiger partial charge in [-0.25, -0.2) is 0 Å². The molecule has 0 radical (unpaired) electrons. The Morgan fingerprint density at radius 1 is 1.11 bits per heavy atom. The number of hydrogen-bond acceptors (Lipinski definition) is 3. The van der Waals surface area contributed by atoms with Crippen LogP contribution in [0, 0.1) is 5.41 Å². The third-order valence-corrected chi connectivity index (χ3v) is 3.24. The first-order valence-electron chi connectivity index (χ1n) is 6.50. The molecule has 2 N–H and O–H groups in total. The second-order valence-corrected chi connectivity index (χ2v) is 6.14. The number of hydrogen-bond donors (Lipinski definition) is 2. The zero-order chi connectivity index (χ0) is 13.3. The highest BCUT2D eigenvalue weighted by molar-refractivity contribution is 5.29. The van der Waals surface area contributed by atoms with E-state index in [1.54, 1.807) is 0 Å². The largest absolute Gasteiger partial charge is 0.490 e. The molecule has 0 aromatic heterocycles. The third-order valence-electron chi connectivity index (χ3n) is 3.24. The van der Waals surface area contributed by atoms with Gasteiger partial charge < -0.3 is 14.9 Å². The molecule has 3 heteroatoms. The normalized spacial score (nSPS) is 19.4. The maximum absolute atomic E-state index is 10.1. The summed E-state index contributed by atoms with van der Waals surface area (Å²) in [5.41, 5.74) is 0.378. The molecule has 2 rings (SSSR count). The van der Waals surface area contributed by atoms with Crippen LogP contribution in [0.1, 0.15) is 45.3 Å². The van der Waals surface area contributed by atoms with E-state index in [1.807, 2.05) is 45.0 Å². The van der Waals surface area contributed by atoms with Gasteiger partial charge in [0.05, 0.1) is 12.2 Å². The van der Waals surface area contributed by atoms with Crippen molar-refractivity contribution in [2.75, 3.05) is 0 Å². The molecule has 1 aromatic rings. The van der Waals surface area contributed by atoms with Crippen LogP contribution in [0.25, 0.3) is 0 Å². The van der Waals surface area contributed by atoms with Gasteiger partial charge in [-0.05, 0) is 36.0 Å². The van der Waals surface area contributed by atoms with Crippen molar-refractivity contribution >= 4 is 0 Å². The molecule has 1 aliphatic carbocycles. The summed E-state index contributed by atoms with van der Waals surface area (Å²) in [5.74, 6) is 0.832. The molecule has 2 unspecified atom stereocenters. The maximum Gasteiger partial charge on any atom is 0.119 e. The molecule has 1 aromatic carbocycles. The molecule has 0 spiro atoms. The van der Waals surface area contributed by atoms with Crippen LogP contribution in [0.15, 0.2) is 24.3 Å². The van der Waals surface area contributed by atoms with Crippen molar-refractivity contribution in [2.24, 2.45) is 5.41 Å². The average molecular weight is 250 g/mol. The lowest BCUT2D eigenvalue weighted by Crippen LogP contribution is -2.32. The van der Waals surface area contributed by atoms with Gasteiger partial charge >= 0.3 is 0 Å². The topological polar surface area (TPSA) is 49.7 Å². The standard InChI is InChI=1S/C15H22O3/c1-15(2,3)14(17)13(16)10-4-6-11(7-5-10)18-12-8-9-12/h4-7,12-14,16-17H,8-9H2,1-3H3.